The van der Waals surface area contributed by atoms with Crippen LogP contribution in [-0.2, 0) is 0 Å². The van der Waals surface area contributed by atoms with Gasteiger partial charge in [-0.05, 0) is 73.3 Å². The van der Waals surface area contributed by atoms with Crippen molar-refractivity contribution in [2.24, 2.45) is 22.7 Å². The van der Waals surface area contributed by atoms with Gasteiger partial charge in [-0.3, -0.25) is 0 Å². The zero-order valence-electron chi connectivity index (χ0n) is 11.3. The summed E-state index contributed by atoms with van der Waals surface area (Å²) < 4.78 is 0.872. The maximum absolute atomic E-state index is 6.95. The van der Waals surface area contributed by atoms with Crippen LogP contribution >= 0.6 is 34.5 Å². The third-order valence-corrected chi connectivity index (χ3v) is 7.90. The van der Waals surface area contributed by atoms with E-state index in [9.17, 15) is 0 Å². The summed E-state index contributed by atoms with van der Waals surface area (Å²) in [5.74, 6) is 1.87. The molecule has 3 atom stereocenters. The van der Waals surface area contributed by atoms with Crippen LogP contribution in [0.3, 0.4) is 0 Å². The number of hydrogen-bond donors (Lipinski definition) is 0. The maximum Gasteiger partial charge on any atom is 0.0931 e. The molecular weight excluding hydrogens is 295 g/mol. The van der Waals surface area contributed by atoms with Crippen molar-refractivity contribution in [1.82, 2.24) is 0 Å². The summed E-state index contributed by atoms with van der Waals surface area (Å²) in [6.45, 7) is 2.50. The fraction of sp³-hybridized carbons (Fsp3) is 0.750. The Hall–Kier alpha value is 0.280. The van der Waals surface area contributed by atoms with Crippen molar-refractivity contribution >= 4 is 34.5 Å². The minimum atomic E-state index is 0.176. The highest BCUT2D eigenvalue weighted by Crippen LogP contribution is 2.69. The molecule has 3 heteroatoms. The molecule has 0 nitrogen and oxygen atoms in total. The SMILES string of the molecule is CC12CC3CC(C1)CC(C(Cl)c1ccc(Cl)s1)(C3)C2. The highest BCUT2D eigenvalue weighted by Gasteiger charge is 2.58. The minimum absolute atomic E-state index is 0.176. The fourth-order valence-electron chi connectivity index (χ4n) is 5.86. The zero-order valence-corrected chi connectivity index (χ0v) is 13.6. The summed E-state index contributed by atoms with van der Waals surface area (Å²) in [5.41, 5.74) is 0.923. The Balaban J connectivity index is 1.70. The first kappa shape index (κ1) is 13.0. The van der Waals surface area contributed by atoms with Crippen LogP contribution in [0.2, 0.25) is 4.34 Å². The predicted molar refractivity (Wildman–Crippen MR) is 83.1 cm³/mol. The molecule has 0 spiro atoms. The van der Waals surface area contributed by atoms with Gasteiger partial charge in [-0.1, -0.05) is 18.5 Å². The molecule has 3 unspecified atom stereocenters. The van der Waals surface area contributed by atoms with E-state index in [1.807, 2.05) is 6.07 Å². The maximum atomic E-state index is 6.95. The molecule has 104 valence electrons. The number of hydrogen-bond acceptors (Lipinski definition) is 1. The number of thiophene rings is 1. The van der Waals surface area contributed by atoms with E-state index in [1.54, 1.807) is 11.3 Å². The molecule has 0 saturated heterocycles. The number of halogens is 2. The lowest BCUT2D eigenvalue weighted by Gasteiger charge is -2.62. The van der Waals surface area contributed by atoms with Crippen molar-refractivity contribution < 1.29 is 0 Å². The molecule has 0 aliphatic heterocycles. The van der Waals surface area contributed by atoms with Crippen molar-refractivity contribution in [2.75, 3.05) is 0 Å². The van der Waals surface area contributed by atoms with Crippen LogP contribution in [0.4, 0.5) is 0 Å². The molecule has 4 saturated carbocycles. The van der Waals surface area contributed by atoms with Gasteiger partial charge in [0.2, 0.25) is 0 Å². The van der Waals surface area contributed by atoms with Crippen molar-refractivity contribution in [3.05, 3.63) is 21.3 Å². The van der Waals surface area contributed by atoms with Gasteiger partial charge in [0, 0.05) is 4.88 Å². The fourth-order valence-corrected chi connectivity index (χ4v) is 7.50. The molecule has 5 rings (SSSR count). The van der Waals surface area contributed by atoms with Gasteiger partial charge in [-0.15, -0.1) is 22.9 Å². The third kappa shape index (κ3) is 2.00. The van der Waals surface area contributed by atoms with Gasteiger partial charge in [0.25, 0.3) is 0 Å². The molecule has 1 aromatic heterocycles. The Kier molecular flexibility index (Phi) is 2.83. The van der Waals surface area contributed by atoms with E-state index in [-0.39, 0.29) is 5.38 Å². The van der Waals surface area contributed by atoms with E-state index < -0.39 is 0 Å². The zero-order chi connectivity index (χ0) is 13.3. The lowest BCUT2D eigenvalue weighted by Crippen LogP contribution is -2.52. The topological polar surface area (TPSA) is 0 Å². The average molecular weight is 315 g/mol. The second-order valence-corrected chi connectivity index (χ2v) is 9.82. The molecule has 1 aromatic rings. The number of rotatable bonds is 2. The molecule has 19 heavy (non-hydrogen) atoms. The van der Waals surface area contributed by atoms with Gasteiger partial charge in [-0.2, -0.15) is 0 Å². The molecule has 0 radical (unpaired) electrons. The van der Waals surface area contributed by atoms with Crippen molar-refractivity contribution in [1.29, 1.82) is 0 Å². The Morgan fingerprint density at radius 2 is 1.89 bits per heavy atom. The van der Waals surface area contributed by atoms with E-state index in [1.165, 1.54) is 43.4 Å². The van der Waals surface area contributed by atoms with Gasteiger partial charge < -0.3 is 0 Å². The summed E-state index contributed by atoms with van der Waals surface area (Å²) in [7, 11) is 0. The van der Waals surface area contributed by atoms with Gasteiger partial charge in [0.15, 0.2) is 0 Å². The molecular formula is C16H20Cl2S. The standard InChI is InChI=1S/C16H20Cl2S/c1-15-5-10-4-11(6-15)8-16(7-10,9-15)14(18)12-2-3-13(17)19-12/h2-3,10-11,14H,4-9H2,1H3. The summed E-state index contributed by atoms with van der Waals surface area (Å²) in [6.07, 6.45) is 8.38. The molecule has 4 bridgehead atoms. The Morgan fingerprint density at radius 1 is 1.21 bits per heavy atom. The van der Waals surface area contributed by atoms with Gasteiger partial charge >= 0.3 is 0 Å². The lowest BCUT2D eigenvalue weighted by molar-refractivity contribution is -0.103. The van der Waals surface area contributed by atoms with Gasteiger partial charge in [-0.25, -0.2) is 0 Å². The minimum Gasteiger partial charge on any atom is -0.127 e. The van der Waals surface area contributed by atoms with Crippen LogP contribution in [0.1, 0.15) is 55.7 Å². The highest BCUT2D eigenvalue weighted by molar-refractivity contribution is 7.16. The predicted octanol–water partition coefficient (Wildman–Crippen LogP) is 6.29. The first-order chi connectivity index (χ1) is 8.98. The monoisotopic (exact) mass is 314 g/mol. The van der Waals surface area contributed by atoms with E-state index in [0.717, 1.165) is 16.2 Å². The van der Waals surface area contributed by atoms with Crippen LogP contribution in [0, 0.1) is 22.7 Å². The molecule has 4 aliphatic rings. The first-order valence-electron chi connectivity index (χ1n) is 7.37. The quantitative estimate of drug-likeness (QED) is 0.563. The molecule has 0 aromatic carbocycles. The smallest absolute Gasteiger partial charge is 0.0931 e. The summed E-state index contributed by atoms with van der Waals surface area (Å²) in [6, 6.07) is 4.14. The van der Waals surface area contributed by atoms with Crippen molar-refractivity contribution in [3.8, 4) is 0 Å². The summed E-state index contributed by atoms with van der Waals surface area (Å²) in [4.78, 5) is 1.29. The summed E-state index contributed by atoms with van der Waals surface area (Å²) in [5, 5.41) is 0.176. The van der Waals surface area contributed by atoms with E-state index in [0.29, 0.717) is 10.8 Å². The van der Waals surface area contributed by atoms with E-state index in [4.69, 9.17) is 23.2 Å². The first-order valence-corrected chi connectivity index (χ1v) is 9.01. The van der Waals surface area contributed by atoms with Crippen LogP contribution < -0.4 is 0 Å². The molecule has 4 fully saturated rings. The Bertz CT molecular complexity index is 493. The molecule has 0 N–H and O–H groups in total. The van der Waals surface area contributed by atoms with E-state index >= 15 is 0 Å². The second-order valence-electron chi connectivity index (χ2n) is 7.64. The van der Waals surface area contributed by atoms with Crippen LogP contribution in [0.15, 0.2) is 12.1 Å². The number of alkyl halides is 1. The average Bonchev–Trinajstić information content (AvgIpc) is 2.71. The third-order valence-electron chi connectivity index (χ3n) is 5.78. The van der Waals surface area contributed by atoms with Crippen LogP contribution in [0.25, 0.3) is 0 Å². The Morgan fingerprint density at radius 3 is 2.42 bits per heavy atom. The second kappa shape index (κ2) is 4.15. The van der Waals surface area contributed by atoms with Gasteiger partial charge in [0.1, 0.15) is 0 Å². The highest BCUT2D eigenvalue weighted by atomic mass is 35.5. The molecule has 4 aliphatic carbocycles. The normalized spacial score (nSPS) is 45.6. The van der Waals surface area contributed by atoms with Crippen molar-refractivity contribution in [3.63, 3.8) is 0 Å². The summed E-state index contributed by atoms with van der Waals surface area (Å²) >= 11 is 14.7. The van der Waals surface area contributed by atoms with Crippen LogP contribution in [-0.4, -0.2) is 0 Å². The van der Waals surface area contributed by atoms with Crippen LogP contribution in [0.5, 0.6) is 0 Å². The largest absolute Gasteiger partial charge is 0.127 e. The van der Waals surface area contributed by atoms with E-state index in [2.05, 4.69) is 13.0 Å². The molecule has 1 heterocycles. The molecule has 0 amide bonds. The van der Waals surface area contributed by atoms with Gasteiger partial charge in [0.05, 0.1) is 9.71 Å². The Labute approximate surface area is 129 Å². The van der Waals surface area contributed by atoms with Crippen molar-refractivity contribution in [2.45, 2.75) is 50.8 Å². The lowest BCUT2D eigenvalue weighted by atomic mass is 9.44.